The summed E-state index contributed by atoms with van der Waals surface area (Å²) in [7, 11) is 3.11. The topological polar surface area (TPSA) is 18.5 Å². The van der Waals surface area contributed by atoms with Gasteiger partial charge in [0.25, 0.3) is 0 Å². The molecule has 0 unspecified atom stereocenters. The minimum atomic E-state index is -0.322. The van der Waals surface area contributed by atoms with Gasteiger partial charge in [0.05, 0.1) is 0 Å². The van der Waals surface area contributed by atoms with Crippen molar-refractivity contribution < 1.29 is 8.37 Å². The van der Waals surface area contributed by atoms with Crippen molar-refractivity contribution in [1.29, 1.82) is 0 Å². The Hall–Kier alpha value is 1.32. The van der Waals surface area contributed by atoms with Gasteiger partial charge >= 0.3 is 0 Å². The van der Waals surface area contributed by atoms with E-state index < -0.39 is 0 Å². The van der Waals surface area contributed by atoms with Crippen molar-refractivity contribution in [3.8, 4) is 0 Å². The zero-order valence-electron chi connectivity index (χ0n) is 7.53. The molecule has 0 saturated carbocycles. The lowest BCUT2D eigenvalue weighted by Gasteiger charge is -2.26. The van der Waals surface area contributed by atoms with Crippen molar-refractivity contribution in [3.05, 3.63) is 0 Å². The molecule has 0 aromatic rings. The average Bonchev–Trinajstić information content (AvgIpc) is 2.02. The first-order valence-electron chi connectivity index (χ1n) is 3.35. The van der Waals surface area contributed by atoms with Crippen LogP contribution in [0.5, 0.6) is 0 Å². The monoisotopic (exact) mass is 246 g/mol. The summed E-state index contributed by atoms with van der Waals surface area (Å²) in [5, 5.41) is 0. The van der Waals surface area contributed by atoms with E-state index in [1.165, 1.54) is 0 Å². The summed E-state index contributed by atoms with van der Waals surface area (Å²) < 4.78 is 9.87. The largest absolute Gasteiger partial charge is 0.301 e. The molecule has 0 spiro atoms. The Morgan fingerprint density at radius 2 is 1.08 bits per heavy atom. The fourth-order valence-corrected chi connectivity index (χ4v) is 2.63. The molecule has 0 atom stereocenters. The Balaban J connectivity index is 3.82. The smallest absolute Gasteiger partial charge is 0.132 e. The fourth-order valence-electron chi connectivity index (χ4n) is 0.231. The lowest BCUT2D eigenvalue weighted by atomic mass is 10.5. The van der Waals surface area contributed by atoms with Gasteiger partial charge in [0.2, 0.25) is 0 Å². The van der Waals surface area contributed by atoms with E-state index in [1.807, 2.05) is 27.7 Å². The van der Waals surface area contributed by atoms with Crippen LogP contribution in [0.25, 0.3) is 0 Å². The summed E-state index contributed by atoms with van der Waals surface area (Å²) in [5.41, 5.74) is 0. The van der Waals surface area contributed by atoms with Gasteiger partial charge in [-0.05, 0) is 53.5 Å². The molecule has 0 rings (SSSR count). The molecule has 0 fully saturated rings. The number of hydrogen-bond donors (Lipinski definition) is 2. The van der Waals surface area contributed by atoms with Crippen LogP contribution in [-0.4, -0.2) is 9.87 Å². The molecule has 0 N–H and O–H groups in total. The molecule has 0 aliphatic rings. The highest BCUT2D eigenvalue weighted by molar-refractivity contribution is 8.77. The van der Waals surface area contributed by atoms with Crippen molar-refractivity contribution in [3.63, 3.8) is 0 Å². The second-order valence-electron chi connectivity index (χ2n) is 3.15. The Morgan fingerprint density at radius 3 is 1.25 bits per heavy atom. The maximum atomic E-state index is 4.93. The molecule has 0 radical (unpaired) electrons. The van der Waals surface area contributed by atoms with Crippen LogP contribution in [0.1, 0.15) is 27.7 Å². The fraction of sp³-hybridized carbons (Fsp3) is 1.00. The van der Waals surface area contributed by atoms with Gasteiger partial charge < -0.3 is 8.37 Å². The number of thiol groups is 2. The summed E-state index contributed by atoms with van der Waals surface area (Å²) in [6.45, 7) is 7.75. The van der Waals surface area contributed by atoms with Gasteiger partial charge in [-0.15, -0.1) is 0 Å². The van der Waals surface area contributed by atoms with Gasteiger partial charge in [-0.2, -0.15) is 0 Å². The first-order valence-corrected chi connectivity index (χ1v) is 6.23. The molecule has 0 heterocycles. The molecule has 74 valence electrons. The predicted octanol–water partition coefficient (Wildman–Crippen LogP) is 3.56. The number of rotatable bonds is 5. The quantitative estimate of drug-likeness (QED) is 0.334. The standard InChI is InChI=1S/C6H14O2S4/c1-5(2,7-9)11-12-6(3,4)8-10/h9-10H,1-4H3. The van der Waals surface area contributed by atoms with Crippen LogP contribution in [-0.2, 0) is 8.37 Å². The van der Waals surface area contributed by atoms with Crippen molar-refractivity contribution >= 4 is 47.4 Å². The average molecular weight is 246 g/mol. The zero-order valence-corrected chi connectivity index (χ0v) is 10.9. The molecule has 2 nitrogen and oxygen atoms in total. The molecular weight excluding hydrogens is 232 g/mol. The number of hydrogen-bond acceptors (Lipinski definition) is 6. The van der Waals surface area contributed by atoms with Crippen LogP contribution in [0.2, 0.25) is 0 Å². The molecule has 0 aromatic heterocycles. The predicted molar refractivity (Wildman–Crippen MR) is 63.5 cm³/mol. The first-order chi connectivity index (χ1) is 5.33. The van der Waals surface area contributed by atoms with E-state index >= 15 is 0 Å². The second kappa shape index (κ2) is 5.26. The summed E-state index contributed by atoms with van der Waals surface area (Å²) in [5.74, 6) is 0. The highest BCUT2D eigenvalue weighted by Gasteiger charge is 2.26. The van der Waals surface area contributed by atoms with Crippen LogP contribution in [0.3, 0.4) is 0 Å². The van der Waals surface area contributed by atoms with Crippen LogP contribution < -0.4 is 0 Å². The minimum Gasteiger partial charge on any atom is -0.301 e. The van der Waals surface area contributed by atoms with Crippen molar-refractivity contribution in [2.75, 3.05) is 0 Å². The van der Waals surface area contributed by atoms with E-state index in [1.54, 1.807) is 21.6 Å². The van der Waals surface area contributed by atoms with Crippen LogP contribution in [0, 0.1) is 0 Å². The Labute approximate surface area is 93.2 Å². The highest BCUT2D eigenvalue weighted by Crippen LogP contribution is 2.45. The molecule has 0 aromatic carbocycles. The van der Waals surface area contributed by atoms with E-state index in [0.29, 0.717) is 0 Å². The molecule has 0 aliphatic carbocycles. The summed E-state index contributed by atoms with van der Waals surface area (Å²) >= 11 is 7.53. The third-order valence-corrected chi connectivity index (χ3v) is 5.75. The molecule has 6 heteroatoms. The minimum absolute atomic E-state index is 0.322. The maximum Gasteiger partial charge on any atom is 0.132 e. The second-order valence-corrected chi connectivity index (χ2v) is 6.81. The molecule has 12 heavy (non-hydrogen) atoms. The maximum absolute atomic E-state index is 4.93. The lowest BCUT2D eigenvalue weighted by Crippen LogP contribution is -2.18. The van der Waals surface area contributed by atoms with Gasteiger partial charge in [0, 0.05) is 0 Å². The van der Waals surface area contributed by atoms with Crippen molar-refractivity contribution in [1.82, 2.24) is 0 Å². The molecule has 0 saturated heterocycles. The van der Waals surface area contributed by atoms with E-state index in [4.69, 9.17) is 8.37 Å². The summed E-state index contributed by atoms with van der Waals surface area (Å²) in [4.78, 5) is -0.644. The molecule has 0 amide bonds. The third kappa shape index (κ3) is 5.88. The van der Waals surface area contributed by atoms with Crippen molar-refractivity contribution in [2.45, 2.75) is 37.6 Å². The molecule has 0 aliphatic heterocycles. The molecular formula is C6H14O2S4. The lowest BCUT2D eigenvalue weighted by molar-refractivity contribution is 0.252. The van der Waals surface area contributed by atoms with Crippen LogP contribution in [0.4, 0.5) is 0 Å². The van der Waals surface area contributed by atoms with Gasteiger partial charge in [-0.3, -0.25) is 0 Å². The van der Waals surface area contributed by atoms with E-state index in [2.05, 4.69) is 25.8 Å². The summed E-state index contributed by atoms with van der Waals surface area (Å²) in [6, 6.07) is 0. The normalized spacial score (nSPS) is 13.5. The van der Waals surface area contributed by atoms with Crippen LogP contribution >= 0.6 is 47.4 Å². The van der Waals surface area contributed by atoms with Gasteiger partial charge in [-0.1, -0.05) is 21.6 Å². The first kappa shape index (κ1) is 13.3. The Bertz CT molecular complexity index is 122. The Morgan fingerprint density at radius 1 is 0.833 bits per heavy atom. The zero-order chi connectivity index (χ0) is 9.83. The van der Waals surface area contributed by atoms with E-state index in [9.17, 15) is 0 Å². The van der Waals surface area contributed by atoms with Gasteiger partial charge in [0.15, 0.2) is 0 Å². The highest BCUT2D eigenvalue weighted by atomic mass is 33.1. The SMILES string of the molecule is CC(C)(OS)SSC(C)(C)OS. The third-order valence-electron chi connectivity index (χ3n) is 0.883. The Kier molecular flexibility index (Phi) is 5.84. The van der Waals surface area contributed by atoms with Crippen molar-refractivity contribution in [2.24, 2.45) is 0 Å². The van der Waals surface area contributed by atoms with E-state index in [-0.39, 0.29) is 9.87 Å². The van der Waals surface area contributed by atoms with Gasteiger partial charge in [-0.25, -0.2) is 0 Å². The van der Waals surface area contributed by atoms with Crippen LogP contribution in [0.15, 0.2) is 0 Å². The molecule has 0 bridgehead atoms. The van der Waals surface area contributed by atoms with Gasteiger partial charge in [0.1, 0.15) is 9.87 Å². The van der Waals surface area contributed by atoms with E-state index in [0.717, 1.165) is 0 Å². The summed E-state index contributed by atoms with van der Waals surface area (Å²) in [6.07, 6.45) is 0.